The molecule has 8 nitrogen and oxygen atoms in total. The third kappa shape index (κ3) is 4.56. The van der Waals surface area contributed by atoms with Crippen molar-refractivity contribution in [2.45, 2.75) is 31.1 Å². The van der Waals surface area contributed by atoms with E-state index in [1.54, 1.807) is 7.05 Å². The van der Waals surface area contributed by atoms with E-state index in [4.69, 9.17) is 0 Å². The predicted molar refractivity (Wildman–Crippen MR) is 117 cm³/mol. The number of esters is 1. The zero-order valence-electron chi connectivity index (χ0n) is 17.8. The van der Waals surface area contributed by atoms with Crippen LogP contribution in [0.15, 0.2) is 59.9 Å². The van der Waals surface area contributed by atoms with Gasteiger partial charge in [0.1, 0.15) is 10.6 Å². The smallest absolute Gasteiger partial charge is 0.354 e. The quantitative estimate of drug-likeness (QED) is 0.562. The molecule has 3 rings (SSSR count). The average molecular weight is 444 g/mol. The minimum atomic E-state index is -3.98. The Morgan fingerprint density at radius 2 is 1.81 bits per heavy atom. The molecule has 1 unspecified atom stereocenters. The monoisotopic (exact) mass is 443 g/mol. The first kappa shape index (κ1) is 22.4. The highest BCUT2D eigenvalue weighted by molar-refractivity contribution is 7.90. The predicted octanol–water partition coefficient (Wildman–Crippen LogP) is 3.62. The number of benzene rings is 1. The summed E-state index contributed by atoms with van der Waals surface area (Å²) in [6, 6.07) is 10.2. The number of ether oxygens (including phenoxy) is 1. The molecule has 0 aliphatic heterocycles. The molecule has 0 fully saturated rings. The topological polar surface area (TPSA) is 99.4 Å². The molecular weight excluding hydrogens is 418 g/mol. The lowest BCUT2D eigenvalue weighted by Gasteiger charge is -2.10. The van der Waals surface area contributed by atoms with Crippen LogP contribution in [0, 0.1) is 0 Å². The standard InChI is InChI=1S/C22H25N3O5S/c1-5-15(2)16-6-8-18(9-7-16)23-21(26)17-10-11-25(13-17)31(28,29)19-12-20(22(27)30-4)24(3)14-19/h6-15H,5H2,1-4H3,(H,23,26). The maximum absolute atomic E-state index is 12.9. The lowest BCUT2D eigenvalue weighted by atomic mass is 9.99. The number of nitrogens with zero attached hydrogens (tertiary/aromatic N) is 2. The van der Waals surface area contributed by atoms with Crippen LogP contribution < -0.4 is 5.32 Å². The number of carbonyl (C=O) groups excluding carboxylic acids is 2. The first-order valence-corrected chi connectivity index (χ1v) is 11.2. The Hall–Kier alpha value is -3.33. The summed E-state index contributed by atoms with van der Waals surface area (Å²) in [6.45, 7) is 4.25. The van der Waals surface area contributed by atoms with Gasteiger partial charge in [-0.05, 0) is 42.2 Å². The van der Waals surface area contributed by atoms with Gasteiger partial charge < -0.3 is 14.6 Å². The fourth-order valence-electron chi connectivity index (χ4n) is 3.10. The maximum Gasteiger partial charge on any atom is 0.354 e. The molecule has 2 aromatic heterocycles. The second-order valence-electron chi connectivity index (χ2n) is 7.28. The molecule has 164 valence electrons. The van der Waals surface area contributed by atoms with Gasteiger partial charge in [0, 0.05) is 31.3 Å². The van der Waals surface area contributed by atoms with Crippen LogP contribution >= 0.6 is 0 Å². The Morgan fingerprint density at radius 1 is 1.13 bits per heavy atom. The van der Waals surface area contributed by atoms with E-state index in [9.17, 15) is 18.0 Å². The lowest BCUT2D eigenvalue weighted by Crippen LogP contribution is -2.13. The summed E-state index contributed by atoms with van der Waals surface area (Å²) in [5, 5.41) is 2.77. The number of carbonyl (C=O) groups is 2. The van der Waals surface area contributed by atoms with Crippen LogP contribution in [-0.2, 0) is 21.8 Å². The van der Waals surface area contributed by atoms with Crippen molar-refractivity contribution >= 4 is 27.6 Å². The summed E-state index contributed by atoms with van der Waals surface area (Å²) in [7, 11) is -1.21. The van der Waals surface area contributed by atoms with E-state index in [-0.39, 0.29) is 16.2 Å². The van der Waals surface area contributed by atoms with Gasteiger partial charge in [-0.2, -0.15) is 0 Å². The van der Waals surface area contributed by atoms with Crippen molar-refractivity contribution < 1.29 is 22.7 Å². The molecule has 9 heteroatoms. The number of methoxy groups -OCH3 is 1. The third-order valence-electron chi connectivity index (χ3n) is 5.23. The largest absolute Gasteiger partial charge is 0.464 e. The first-order valence-electron chi connectivity index (χ1n) is 9.77. The molecule has 2 heterocycles. The van der Waals surface area contributed by atoms with E-state index in [0.717, 1.165) is 10.4 Å². The number of aromatic nitrogens is 2. The Bertz CT molecular complexity index is 1210. The summed E-state index contributed by atoms with van der Waals surface area (Å²) in [5.41, 5.74) is 2.11. The van der Waals surface area contributed by atoms with E-state index < -0.39 is 21.9 Å². The van der Waals surface area contributed by atoms with Crippen LogP contribution in [0.2, 0.25) is 0 Å². The Kier molecular flexibility index (Phi) is 6.35. The van der Waals surface area contributed by atoms with Gasteiger partial charge in [0.2, 0.25) is 0 Å². The summed E-state index contributed by atoms with van der Waals surface area (Å²) < 4.78 is 32.8. The van der Waals surface area contributed by atoms with Gasteiger partial charge in [0.15, 0.2) is 0 Å². The number of aryl methyl sites for hydroxylation is 1. The van der Waals surface area contributed by atoms with Gasteiger partial charge in [-0.3, -0.25) is 4.79 Å². The molecule has 0 saturated carbocycles. The number of hydrogen-bond acceptors (Lipinski definition) is 5. The molecular formula is C22H25N3O5S. The van der Waals surface area contributed by atoms with Gasteiger partial charge in [0.25, 0.3) is 15.9 Å². The highest BCUT2D eigenvalue weighted by Gasteiger charge is 2.23. The second kappa shape index (κ2) is 8.81. The van der Waals surface area contributed by atoms with Crippen molar-refractivity contribution in [1.29, 1.82) is 0 Å². The van der Waals surface area contributed by atoms with E-state index in [0.29, 0.717) is 11.6 Å². The molecule has 31 heavy (non-hydrogen) atoms. The fourth-order valence-corrected chi connectivity index (χ4v) is 4.37. The molecule has 1 atom stereocenters. The Labute approximate surface area is 181 Å². The van der Waals surface area contributed by atoms with E-state index in [2.05, 4.69) is 23.9 Å². The summed E-state index contributed by atoms with van der Waals surface area (Å²) in [5.74, 6) is -0.633. The van der Waals surface area contributed by atoms with Gasteiger partial charge in [0.05, 0.1) is 12.7 Å². The van der Waals surface area contributed by atoms with Crippen molar-refractivity contribution in [3.63, 3.8) is 0 Å². The minimum absolute atomic E-state index is 0.0846. The number of hydrogen-bond donors (Lipinski definition) is 1. The molecule has 0 aliphatic rings. The maximum atomic E-state index is 12.9. The molecule has 1 aromatic carbocycles. The molecule has 3 aromatic rings. The van der Waals surface area contributed by atoms with Crippen LogP contribution in [0.3, 0.4) is 0 Å². The van der Waals surface area contributed by atoms with Gasteiger partial charge >= 0.3 is 5.97 Å². The molecule has 1 N–H and O–H groups in total. The minimum Gasteiger partial charge on any atom is -0.464 e. The van der Waals surface area contributed by atoms with Gasteiger partial charge in [-0.1, -0.05) is 26.0 Å². The van der Waals surface area contributed by atoms with Gasteiger partial charge in [-0.15, -0.1) is 0 Å². The molecule has 0 bridgehead atoms. The van der Waals surface area contributed by atoms with Crippen LogP contribution in [0.1, 0.15) is 52.6 Å². The average Bonchev–Trinajstić information content (AvgIpc) is 3.41. The molecule has 0 saturated heterocycles. The SMILES string of the molecule is CCC(C)c1ccc(NC(=O)c2ccn(S(=O)(=O)c3cc(C(=O)OC)n(C)c3)c2)cc1. The molecule has 0 aliphatic carbocycles. The van der Waals surface area contributed by atoms with Crippen molar-refractivity contribution in [1.82, 2.24) is 8.54 Å². The van der Waals surface area contributed by atoms with Crippen molar-refractivity contribution in [2.24, 2.45) is 7.05 Å². The second-order valence-corrected chi connectivity index (χ2v) is 9.13. The molecule has 1 amide bonds. The number of anilines is 1. The highest BCUT2D eigenvalue weighted by Crippen LogP contribution is 2.22. The van der Waals surface area contributed by atoms with E-state index >= 15 is 0 Å². The third-order valence-corrected chi connectivity index (χ3v) is 6.83. The van der Waals surface area contributed by atoms with Crippen LogP contribution in [0.25, 0.3) is 0 Å². The van der Waals surface area contributed by atoms with Crippen LogP contribution in [0.5, 0.6) is 0 Å². The lowest BCUT2D eigenvalue weighted by molar-refractivity contribution is 0.0589. The summed E-state index contributed by atoms with van der Waals surface area (Å²) >= 11 is 0. The summed E-state index contributed by atoms with van der Waals surface area (Å²) in [4.78, 5) is 24.2. The van der Waals surface area contributed by atoms with E-state index in [1.807, 2.05) is 24.3 Å². The van der Waals surface area contributed by atoms with Crippen molar-refractivity contribution in [3.05, 3.63) is 71.8 Å². The first-order chi connectivity index (χ1) is 14.7. The molecule has 0 spiro atoms. The Balaban J connectivity index is 1.79. The zero-order chi connectivity index (χ0) is 22.8. The van der Waals surface area contributed by atoms with E-state index in [1.165, 1.54) is 48.0 Å². The normalized spacial score (nSPS) is 12.4. The van der Waals surface area contributed by atoms with Crippen molar-refractivity contribution in [2.75, 3.05) is 12.4 Å². The van der Waals surface area contributed by atoms with Gasteiger partial charge in [-0.25, -0.2) is 17.2 Å². The number of rotatable bonds is 7. The van der Waals surface area contributed by atoms with Crippen molar-refractivity contribution in [3.8, 4) is 0 Å². The Morgan fingerprint density at radius 3 is 2.42 bits per heavy atom. The van der Waals surface area contributed by atoms with Crippen LogP contribution in [0.4, 0.5) is 5.69 Å². The fraction of sp³-hybridized carbons (Fsp3) is 0.273. The zero-order valence-corrected chi connectivity index (χ0v) is 18.6. The summed E-state index contributed by atoms with van der Waals surface area (Å²) in [6.07, 6.45) is 4.88. The highest BCUT2D eigenvalue weighted by atomic mass is 32.2. The number of amides is 1. The van der Waals surface area contributed by atoms with Crippen LogP contribution in [-0.4, -0.2) is 35.9 Å². The molecule has 0 radical (unpaired) electrons. The number of nitrogens with one attached hydrogen (secondary N) is 1.